The molecule has 0 saturated heterocycles. The number of fused-ring (bicyclic) bond motifs is 1. The monoisotopic (exact) mass is 151 g/mol. The van der Waals surface area contributed by atoms with Gasteiger partial charge in [-0.1, -0.05) is 0 Å². The average molecular weight is 151 g/mol. The van der Waals surface area contributed by atoms with Gasteiger partial charge in [0.1, 0.15) is 0 Å². The minimum atomic E-state index is 0.181. The second-order valence-electron chi connectivity index (χ2n) is 3.21. The second kappa shape index (κ2) is 2.34. The molecule has 3 nitrogen and oxygen atoms in total. The topological polar surface area (TPSA) is 43.8 Å². The highest BCUT2D eigenvalue weighted by molar-refractivity contribution is 5.22. The summed E-state index contributed by atoms with van der Waals surface area (Å²) in [5.41, 5.74) is 8.33. The fraction of sp³-hybridized carbons (Fsp3) is 0.625. The molecule has 0 fully saturated rings. The predicted octanol–water partition coefficient (Wildman–Crippen LogP) is 0.756. The minimum Gasteiger partial charge on any atom is -0.323 e. The third kappa shape index (κ3) is 1.05. The van der Waals surface area contributed by atoms with Crippen molar-refractivity contribution >= 4 is 0 Å². The summed E-state index contributed by atoms with van der Waals surface area (Å²) in [6, 6.07) is 0.181. The zero-order chi connectivity index (χ0) is 7.84. The van der Waals surface area contributed by atoms with E-state index < -0.39 is 0 Å². The molecule has 0 saturated carbocycles. The van der Waals surface area contributed by atoms with E-state index in [0.717, 1.165) is 18.5 Å². The summed E-state index contributed by atoms with van der Waals surface area (Å²) in [4.78, 5) is 0. The highest BCUT2D eigenvalue weighted by atomic mass is 15.3. The van der Waals surface area contributed by atoms with Crippen LogP contribution in [0.2, 0.25) is 0 Å². The molecule has 1 aromatic rings. The van der Waals surface area contributed by atoms with E-state index in [2.05, 4.69) is 11.3 Å². The number of hydrogen-bond acceptors (Lipinski definition) is 2. The lowest BCUT2D eigenvalue weighted by atomic mass is 9.95. The lowest BCUT2D eigenvalue weighted by molar-refractivity contribution is 0.553. The molecule has 1 aliphatic rings. The molecule has 1 atom stereocenters. The summed E-state index contributed by atoms with van der Waals surface area (Å²) in [6.07, 6.45) is 5.52. The summed E-state index contributed by atoms with van der Waals surface area (Å²) >= 11 is 0. The van der Waals surface area contributed by atoms with E-state index in [1.165, 1.54) is 12.0 Å². The van der Waals surface area contributed by atoms with Crippen LogP contribution >= 0.6 is 0 Å². The Morgan fingerprint density at radius 2 is 2.55 bits per heavy atom. The molecule has 0 bridgehead atoms. The molecule has 11 heavy (non-hydrogen) atoms. The number of aromatic nitrogens is 2. The zero-order valence-electron chi connectivity index (χ0n) is 6.75. The molecule has 0 spiro atoms. The fourth-order valence-corrected chi connectivity index (χ4v) is 1.71. The lowest BCUT2D eigenvalue weighted by Crippen LogP contribution is -2.16. The van der Waals surface area contributed by atoms with Gasteiger partial charge in [0.15, 0.2) is 0 Å². The van der Waals surface area contributed by atoms with Gasteiger partial charge in [0, 0.05) is 19.3 Å². The number of nitrogens with zero attached hydrogens (tertiary/aromatic N) is 2. The Balaban J connectivity index is 2.43. The van der Waals surface area contributed by atoms with Gasteiger partial charge >= 0.3 is 0 Å². The van der Waals surface area contributed by atoms with Crippen LogP contribution in [0.1, 0.15) is 30.1 Å². The van der Waals surface area contributed by atoms with E-state index in [-0.39, 0.29) is 6.04 Å². The van der Waals surface area contributed by atoms with Crippen LogP contribution in [0.25, 0.3) is 0 Å². The van der Waals surface area contributed by atoms with Gasteiger partial charge in [-0.05, 0) is 24.8 Å². The van der Waals surface area contributed by atoms with E-state index in [0.29, 0.717) is 0 Å². The smallest absolute Gasteiger partial charge is 0.0823 e. The van der Waals surface area contributed by atoms with Crippen molar-refractivity contribution in [2.75, 3.05) is 0 Å². The molecule has 1 unspecified atom stereocenters. The predicted molar refractivity (Wildman–Crippen MR) is 43.1 cm³/mol. The maximum absolute atomic E-state index is 5.88. The number of nitrogens with two attached hydrogens (primary N) is 1. The Hall–Kier alpha value is -0.830. The Morgan fingerprint density at radius 1 is 1.73 bits per heavy atom. The Labute approximate surface area is 66.2 Å². The van der Waals surface area contributed by atoms with E-state index in [9.17, 15) is 0 Å². The molecule has 2 rings (SSSR count). The molecular weight excluding hydrogens is 138 g/mol. The molecule has 0 aliphatic heterocycles. The van der Waals surface area contributed by atoms with Gasteiger partial charge in [-0.2, -0.15) is 5.10 Å². The molecule has 0 amide bonds. The van der Waals surface area contributed by atoms with Gasteiger partial charge in [0.05, 0.1) is 5.69 Å². The van der Waals surface area contributed by atoms with Crippen molar-refractivity contribution in [3.8, 4) is 0 Å². The van der Waals surface area contributed by atoms with Gasteiger partial charge in [-0.25, -0.2) is 0 Å². The minimum absolute atomic E-state index is 0.181. The lowest BCUT2D eigenvalue weighted by Gasteiger charge is -2.15. The SMILES string of the molecule is Cn1cc2c(n1)C(N)CCC2. The van der Waals surface area contributed by atoms with E-state index >= 15 is 0 Å². The maximum atomic E-state index is 5.88. The molecule has 60 valence electrons. The summed E-state index contributed by atoms with van der Waals surface area (Å²) in [5, 5.41) is 4.32. The van der Waals surface area contributed by atoms with Crippen molar-refractivity contribution in [1.82, 2.24) is 9.78 Å². The molecule has 1 aliphatic carbocycles. The Morgan fingerprint density at radius 3 is 3.27 bits per heavy atom. The molecule has 1 heterocycles. The van der Waals surface area contributed by atoms with Crippen LogP contribution in [0.4, 0.5) is 0 Å². The molecular formula is C8H13N3. The van der Waals surface area contributed by atoms with Crippen LogP contribution in [0.15, 0.2) is 6.20 Å². The van der Waals surface area contributed by atoms with Gasteiger partial charge in [-0.15, -0.1) is 0 Å². The third-order valence-electron chi connectivity index (χ3n) is 2.25. The van der Waals surface area contributed by atoms with Crippen LogP contribution in [-0.4, -0.2) is 9.78 Å². The first-order valence-corrected chi connectivity index (χ1v) is 4.05. The van der Waals surface area contributed by atoms with Crippen LogP contribution < -0.4 is 5.73 Å². The quantitative estimate of drug-likeness (QED) is 0.594. The number of aryl methyl sites for hydroxylation is 2. The van der Waals surface area contributed by atoms with Crippen LogP contribution in [0, 0.1) is 0 Å². The van der Waals surface area contributed by atoms with E-state index in [1.807, 2.05) is 11.7 Å². The maximum Gasteiger partial charge on any atom is 0.0823 e. The third-order valence-corrected chi connectivity index (χ3v) is 2.25. The number of hydrogen-bond donors (Lipinski definition) is 1. The van der Waals surface area contributed by atoms with Gasteiger partial charge in [0.2, 0.25) is 0 Å². The van der Waals surface area contributed by atoms with Crippen molar-refractivity contribution in [2.45, 2.75) is 25.3 Å². The molecule has 1 aromatic heterocycles. The molecule has 3 heteroatoms. The number of rotatable bonds is 0. The Bertz CT molecular complexity index is 264. The average Bonchev–Trinajstić information content (AvgIpc) is 2.31. The van der Waals surface area contributed by atoms with Crippen molar-refractivity contribution in [1.29, 1.82) is 0 Å². The molecule has 0 radical (unpaired) electrons. The van der Waals surface area contributed by atoms with Gasteiger partial charge in [-0.3, -0.25) is 4.68 Å². The standard InChI is InChI=1S/C8H13N3/c1-11-5-6-3-2-4-7(9)8(6)10-11/h5,7H,2-4,9H2,1H3. The first kappa shape index (κ1) is 6.85. The summed E-state index contributed by atoms with van der Waals surface area (Å²) < 4.78 is 1.86. The van der Waals surface area contributed by atoms with Crippen molar-refractivity contribution < 1.29 is 0 Å². The zero-order valence-corrected chi connectivity index (χ0v) is 6.75. The highest BCUT2D eigenvalue weighted by Gasteiger charge is 2.19. The van der Waals surface area contributed by atoms with Crippen LogP contribution in [0.5, 0.6) is 0 Å². The second-order valence-corrected chi connectivity index (χ2v) is 3.21. The normalized spacial score (nSPS) is 23.3. The van der Waals surface area contributed by atoms with Crippen molar-refractivity contribution in [3.63, 3.8) is 0 Å². The molecule has 0 aromatic carbocycles. The van der Waals surface area contributed by atoms with Crippen molar-refractivity contribution in [2.24, 2.45) is 12.8 Å². The molecule has 2 N–H and O–H groups in total. The Kier molecular flexibility index (Phi) is 1.46. The van der Waals surface area contributed by atoms with Crippen LogP contribution in [-0.2, 0) is 13.5 Å². The fourth-order valence-electron chi connectivity index (χ4n) is 1.71. The van der Waals surface area contributed by atoms with E-state index in [4.69, 9.17) is 5.73 Å². The highest BCUT2D eigenvalue weighted by Crippen LogP contribution is 2.25. The van der Waals surface area contributed by atoms with Gasteiger partial charge in [0.25, 0.3) is 0 Å². The summed E-state index contributed by atoms with van der Waals surface area (Å²) in [6.45, 7) is 0. The first-order valence-electron chi connectivity index (χ1n) is 4.05. The summed E-state index contributed by atoms with van der Waals surface area (Å²) in [5.74, 6) is 0. The van der Waals surface area contributed by atoms with Gasteiger partial charge < -0.3 is 5.73 Å². The summed E-state index contributed by atoms with van der Waals surface area (Å²) in [7, 11) is 1.95. The van der Waals surface area contributed by atoms with Crippen LogP contribution in [0.3, 0.4) is 0 Å². The largest absolute Gasteiger partial charge is 0.323 e. The first-order chi connectivity index (χ1) is 5.27. The van der Waals surface area contributed by atoms with Crippen molar-refractivity contribution in [3.05, 3.63) is 17.5 Å². The van der Waals surface area contributed by atoms with E-state index in [1.54, 1.807) is 0 Å².